The first-order valence-corrected chi connectivity index (χ1v) is 17.7. The van der Waals surface area contributed by atoms with E-state index in [4.69, 9.17) is 3.97 Å². The average Bonchev–Trinajstić information content (AvgIpc) is 2.86. The Kier molecular flexibility index (Phi) is 8.75. The quantitative estimate of drug-likeness (QED) is 0.195. The number of benzene rings is 4. The molecule has 174 valence electrons. The van der Waals surface area contributed by atoms with Crippen molar-refractivity contribution in [2.75, 3.05) is 12.4 Å². The van der Waals surface area contributed by atoms with Gasteiger partial charge in [-0.05, 0) is 0 Å². The van der Waals surface area contributed by atoms with Gasteiger partial charge in [0.15, 0.2) is 0 Å². The molecule has 1 unspecified atom stereocenters. The SMILES string of the molecule is CS(=O)(=O)OP(CC[As](c1ccccc1)c1ccccc1)C(c1ccccc1)c1ccccc1. The molecule has 0 bridgehead atoms. The molecule has 0 saturated heterocycles. The molecular formula is C28H28AsO3PS. The van der Waals surface area contributed by atoms with Crippen molar-refractivity contribution < 1.29 is 12.4 Å². The van der Waals surface area contributed by atoms with Crippen LogP contribution in [0.15, 0.2) is 121 Å². The van der Waals surface area contributed by atoms with E-state index >= 15 is 0 Å². The molecule has 0 aromatic heterocycles. The summed E-state index contributed by atoms with van der Waals surface area (Å²) < 4.78 is 33.4. The normalized spacial score (nSPS) is 12.7. The fourth-order valence-electron chi connectivity index (χ4n) is 4.00. The van der Waals surface area contributed by atoms with Crippen LogP contribution in [0.4, 0.5) is 0 Å². The third-order valence-electron chi connectivity index (χ3n) is 5.43. The predicted octanol–water partition coefficient (Wildman–Crippen LogP) is 5.46. The maximum absolute atomic E-state index is 12.4. The van der Waals surface area contributed by atoms with E-state index in [0.29, 0.717) is 6.16 Å². The van der Waals surface area contributed by atoms with Crippen molar-refractivity contribution in [2.24, 2.45) is 0 Å². The molecule has 0 aliphatic rings. The van der Waals surface area contributed by atoms with E-state index in [-0.39, 0.29) is 5.66 Å². The minimum atomic E-state index is -3.62. The van der Waals surface area contributed by atoms with Crippen molar-refractivity contribution in [3.63, 3.8) is 0 Å². The minimum absolute atomic E-state index is 0.116. The summed E-state index contributed by atoms with van der Waals surface area (Å²) in [6.07, 6.45) is 1.87. The van der Waals surface area contributed by atoms with Gasteiger partial charge in [-0.3, -0.25) is 0 Å². The predicted molar refractivity (Wildman–Crippen MR) is 145 cm³/mol. The van der Waals surface area contributed by atoms with Gasteiger partial charge in [0.1, 0.15) is 0 Å². The summed E-state index contributed by atoms with van der Waals surface area (Å²) in [6, 6.07) is 41.6. The van der Waals surface area contributed by atoms with Crippen LogP contribution < -0.4 is 8.70 Å². The zero-order chi connectivity index (χ0) is 23.8. The Bertz CT molecular complexity index is 1180. The Morgan fingerprint density at radius 2 is 1.06 bits per heavy atom. The first-order valence-electron chi connectivity index (χ1n) is 11.1. The van der Waals surface area contributed by atoms with Gasteiger partial charge in [-0.25, -0.2) is 0 Å². The van der Waals surface area contributed by atoms with Crippen molar-refractivity contribution >= 4 is 41.6 Å². The molecule has 4 aromatic rings. The molecule has 0 saturated carbocycles. The van der Waals surface area contributed by atoms with Gasteiger partial charge in [-0.15, -0.1) is 0 Å². The van der Waals surface area contributed by atoms with E-state index in [1.807, 2.05) is 48.5 Å². The molecule has 6 heteroatoms. The first kappa shape index (κ1) is 24.9. The molecule has 4 rings (SSSR count). The molecule has 34 heavy (non-hydrogen) atoms. The van der Waals surface area contributed by atoms with E-state index in [1.165, 1.54) is 15.0 Å². The van der Waals surface area contributed by atoms with Crippen molar-refractivity contribution in [2.45, 2.75) is 10.9 Å². The second kappa shape index (κ2) is 12.0. The molecule has 0 aliphatic heterocycles. The van der Waals surface area contributed by atoms with Crippen molar-refractivity contribution in [3.8, 4) is 0 Å². The van der Waals surface area contributed by atoms with Gasteiger partial charge in [-0.2, -0.15) is 0 Å². The molecule has 0 heterocycles. The van der Waals surface area contributed by atoms with E-state index in [0.717, 1.165) is 16.3 Å². The van der Waals surface area contributed by atoms with Crippen LogP contribution in [-0.4, -0.2) is 35.5 Å². The zero-order valence-electron chi connectivity index (χ0n) is 19.1. The van der Waals surface area contributed by atoms with Crippen LogP contribution in [0.5, 0.6) is 0 Å². The number of hydrogen-bond donors (Lipinski definition) is 0. The van der Waals surface area contributed by atoms with E-state index < -0.39 is 32.9 Å². The summed E-state index contributed by atoms with van der Waals surface area (Å²) >= 11 is -1.65. The Hall–Kier alpha value is -2.22. The van der Waals surface area contributed by atoms with Crippen LogP contribution in [0.1, 0.15) is 16.8 Å². The Balaban J connectivity index is 1.71. The van der Waals surface area contributed by atoms with Gasteiger partial charge in [0.25, 0.3) is 0 Å². The molecule has 0 spiro atoms. The second-order valence-corrected chi connectivity index (χ2v) is 16.7. The Labute approximate surface area is 209 Å². The standard InChI is InChI=1S/C28H28AsO3PS/c1-34(30,31)32-33(28(24-14-6-2-7-15-24)25-16-8-3-9-17-25)23-22-29(26-18-10-4-11-19-26)27-20-12-5-13-21-27/h2-21,28H,22-23H2,1H3. The van der Waals surface area contributed by atoms with Crippen molar-refractivity contribution in [3.05, 3.63) is 132 Å². The summed E-state index contributed by atoms with van der Waals surface area (Å²) in [5, 5.41) is 0.929. The van der Waals surface area contributed by atoms with Crippen LogP contribution in [0, 0.1) is 0 Å². The molecule has 3 nitrogen and oxygen atoms in total. The van der Waals surface area contributed by atoms with Crippen LogP contribution >= 0.6 is 8.15 Å². The van der Waals surface area contributed by atoms with Gasteiger partial charge in [0.2, 0.25) is 0 Å². The average molecular weight is 550 g/mol. The molecule has 0 aliphatic carbocycles. The molecule has 1 atom stereocenters. The molecule has 0 amide bonds. The molecule has 0 N–H and O–H groups in total. The van der Waals surface area contributed by atoms with Crippen LogP contribution in [0.25, 0.3) is 0 Å². The third kappa shape index (κ3) is 6.90. The summed E-state index contributed by atoms with van der Waals surface area (Å²) in [4.78, 5) is 0. The number of hydrogen-bond acceptors (Lipinski definition) is 3. The van der Waals surface area contributed by atoms with Crippen LogP contribution in [-0.2, 0) is 14.1 Å². The summed E-state index contributed by atoms with van der Waals surface area (Å²) in [6.45, 7) is 0. The van der Waals surface area contributed by atoms with Gasteiger partial charge in [0.05, 0.1) is 0 Å². The Morgan fingerprint density at radius 3 is 1.44 bits per heavy atom. The summed E-state index contributed by atoms with van der Waals surface area (Å²) in [5.74, 6) is 0. The topological polar surface area (TPSA) is 43.4 Å². The van der Waals surface area contributed by atoms with Crippen molar-refractivity contribution in [1.82, 2.24) is 0 Å². The van der Waals surface area contributed by atoms with Crippen LogP contribution in [0.3, 0.4) is 0 Å². The summed E-state index contributed by atoms with van der Waals surface area (Å²) in [5.41, 5.74) is 2.05. The first-order chi connectivity index (χ1) is 16.5. The summed E-state index contributed by atoms with van der Waals surface area (Å²) in [7, 11) is -4.95. The fourth-order valence-corrected chi connectivity index (χ4v) is 14.1. The fraction of sp³-hybridized carbons (Fsp3) is 0.143. The zero-order valence-corrected chi connectivity index (χ0v) is 22.7. The van der Waals surface area contributed by atoms with E-state index in [2.05, 4.69) is 72.8 Å². The van der Waals surface area contributed by atoms with E-state index in [9.17, 15) is 8.42 Å². The third-order valence-corrected chi connectivity index (χ3v) is 15.2. The van der Waals surface area contributed by atoms with Crippen molar-refractivity contribution in [1.29, 1.82) is 0 Å². The van der Waals surface area contributed by atoms with Crippen LogP contribution in [0.2, 0.25) is 5.21 Å². The Morgan fingerprint density at radius 1 is 0.676 bits per heavy atom. The molecular weight excluding hydrogens is 522 g/mol. The monoisotopic (exact) mass is 550 g/mol. The number of rotatable bonds is 10. The van der Waals surface area contributed by atoms with Gasteiger partial charge >= 0.3 is 210 Å². The van der Waals surface area contributed by atoms with Gasteiger partial charge in [-0.1, -0.05) is 0 Å². The molecule has 4 aromatic carbocycles. The second-order valence-electron chi connectivity index (χ2n) is 7.97. The maximum atomic E-state index is 12.4. The van der Waals surface area contributed by atoms with E-state index in [1.54, 1.807) is 0 Å². The molecule has 0 radical (unpaired) electrons. The van der Waals surface area contributed by atoms with Gasteiger partial charge in [0, 0.05) is 0 Å². The van der Waals surface area contributed by atoms with Gasteiger partial charge < -0.3 is 0 Å². The molecule has 0 fully saturated rings.